The van der Waals surface area contributed by atoms with E-state index in [4.69, 9.17) is 9.47 Å². The van der Waals surface area contributed by atoms with Gasteiger partial charge in [0.05, 0.1) is 30.4 Å². The number of rotatable bonds is 5. The number of sulfonamides is 1. The van der Waals surface area contributed by atoms with E-state index in [1.165, 1.54) is 6.07 Å². The van der Waals surface area contributed by atoms with E-state index in [0.717, 1.165) is 6.26 Å². The van der Waals surface area contributed by atoms with Crippen LogP contribution < -0.4 is 14.8 Å². The molecule has 2 aliphatic heterocycles. The van der Waals surface area contributed by atoms with Crippen molar-refractivity contribution in [1.82, 2.24) is 10.2 Å². The number of nitrogens with one attached hydrogen (secondary N) is 2. The van der Waals surface area contributed by atoms with Crippen molar-refractivity contribution in [2.24, 2.45) is 0 Å². The van der Waals surface area contributed by atoms with Crippen molar-refractivity contribution in [1.29, 1.82) is 0 Å². The average Bonchev–Trinajstić information content (AvgIpc) is 2.64. The molecule has 0 unspecified atom stereocenters. The lowest BCUT2D eigenvalue weighted by Crippen LogP contribution is -2.53. The third kappa shape index (κ3) is 5.18. The highest BCUT2D eigenvalue weighted by Gasteiger charge is 2.39. The number of anilines is 1. The molecule has 2 aliphatic rings. The molecule has 0 saturated carbocycles. The van der Waals surface area contributed by atoms with Crippen molar-refractivity contribution in [3.63, 3.8) is 0 Å². The Balaban J connectivity index is 1.79. The number of likely N-dealkylation sites (N-methyl/N-ethyl adjacent to an activating group) is 1. The van der Waals surface area contributed by atoms with Gasteiger partial charge < -0.3 is 19.7 Å². The number of carbonyl (C=O) groups excluding carboxylic acids is 2. The predicted molar refractivity (Wildman–Crippen MR) is 107 cm³/mol. The lowest BCUT2D eigenvalue weighted by molar-refractivity contribution is -0.133. The molecule has 160 valence electrons. The molecule has 29 heavy (non-hydrogen) atoms. The molecule has 1 fully saturated rings. The van der Waals surface area contributed by atoms with Crippen LogP contribution in [0.2, 0.25) is 0 Å². The molecule has 0 bridgehead atoms. The molecule has 3 atom stereocenters. The van der Waals surface area contributed by atoms with Gasteiger partial charge in [0.1, 0.15) is 18.5 Å². The maximum absolute atomic E-state index is 13.1. The van der Waals surface area contributed by atoms with Gasteiger partial charge in [-0.15, -0.1) is 0 Å². The zero-order valence-corrected chi connectivity index (χ0v) is 17.6. The topological polar surface area (TPSA) is 114 Å². The molecule has 2 heterocycles. The van der Waals surface area contributed by atoms with Crippen LogP contribution in [-0.2, 0) is 19.6 Å². The van der Waals surface area contributed by atoms with Crippen molar-refractivity contribution < 1.29 is 27.5 Å². The van der Waals surface area contributed by atoms with Crippen LogP contribution in [0.1, 0.15) is 36.5 Å². The molecule has 0 aromatic heterocycles. The second-order valence-electron chi connectivity index (χ2n) is 7.41. The van der Waals surface area contributed by atoms with Crippen LogP contribution in [0.25, 0.3) is 0 Å². The number of carbonyl (C=O) groups is 2. The normalized spacial score (nSPS) is 24.4. The van der Waals surface area contributed by atoms with E-state index in [1.807, 2.05) is 6.92 Å². The second kappa shape index (κ2) is 8.58. The molecule has 2 N–H and O–H groups in total. The smallest absolute Gasteiger partial charge is 0.257 e. The first-order valence-electron chi connectivity index (χ1n) is 9.62. The van der Waals surface area contributed by atoms with Gasteiger partial charge in [0.25, 0.3) is 5.91 Å². The number of nitrogens with zero attached hydrogens (tertiary/aromatic N) is 1. The maximum atomic E-state index is 13.1. The van der Waals surface area contributed by atoms with Crippen molar-refractivity contribution in [3.05, 3.63) is 23.8 Å². The Morgan fingerprint density at radius 3 is 2.76 bits per heavy atom. The molecular formula is C19H27N3O6S. The highest BCUT2D eigenvalue weighted by atomic mass is 32.2. The van der Waals surface area contributed by atoms with Gasteiger partial charge in [0, 0.05) is 19.3 Å². The van der Waals surface area contributed by atoms with E-state index in [2.05, 4.69) is 10.0 Å². The molecule has 1 saturated heterocycles. The van der Waals surface area contributed by atoms with E-state index >= 15 is 0 Å². The van der Waals surface area contributed by atoms with Crippen LogP contribution in [-0.4, -0.2) is 69.8 Å². The molecule has 9 nitrogen and oxygen atoms in total. The summed E-state index contributed by atoms with van der Waals surface area (Å²) in [5.41, 5.74) is 0.597. The predicted octanol–water partition coefficient (Wildman–Crippen LogP) is 0.965. The summed E-state index contributed by atoms with van der Waals surface area (Å²) in [5, 5.41) is 2.77. The van der Waals surface area contributed by atoms with Crippen LogP contribution in [0.3, 0.4) is 0 Å². The quantitative estimate of drug-likeness (QED) is 0.727. The minimum Gasteiger partial charge on any atom is -0.490 e. The molecule has 1 aromatic rings. The maximum Gasteiger partial charge on any atom is 0.257 e. The fourth-order valence-electron chi connectivity index (χ4n) is 3.78. The first kappa shape index (κ1) is 21.4. The molecule has 1 aromatic carbocycles. The Kier molecular flexibility index (Phi) is 6.33. The van der Waals surface area contributed by atoms with Gasteiger partial charge >= 0.3 is 0 Å². The van der Waals surface area contributed by atoms with Gasteiger partial charge in [0.15, 0.2) is 0 Å². The first-order valence-corrected chi connectivity index (χ1v) is 11.5. The summed E-state index contributed by atoms with van der Waals surface area (Å²) >= 11 is 0. The zero-order chi connectivity index (χ0) is 21.2. The van der Waals surface area contributed by atoms with Crippen LogP contribution in [0.4, 0.5) is 5.69 Å². The van der Waals surface area contributed by atoms with Gasteiger partial charge in [-0.3, -0.25) is 14.3 Å². The SMILES string of the molecule is CCNC(=O)C[C@H]1CC[C@@H]2[C@H](COc3ccc(NS(C)(=O)=O)cc3C(=O)N2C)O1. The summed E-state index contributed by atoms with van der Waals surface area (Å²) in [6, 6.07) is 4.42. The Bertz CT molecular complexity index is 888. The molecule has 3 rings (SSSR count). The highest BCUT2D eigenvalue weighted by Crippen LogP contribution is 2.32. The minimum atomic E-state index is -3.46. The fourth-order valence-corrected chi connectivity index (χ4v) is 4.34. The largest absolute Gasteiger partial charge is 0.490 e. The lowest BCUT2D eigenvalue weighted by atomic mass is 9.94. The third-order valence-corrected chi connectivity index (χ3v) is 5.71. The standard InChI is InChI=1S/C19H27N3O6S/c1-4-20-18(23)10-13-6-7-15-17(28-13)11-27-16-8-5-12(21-29(3,25)26)9-14(16)19(24)22(15)2/h5,8-9,13,15,17,21H,4,6-7,10-11H2,1-3H3,(H,20,23)/t13-,15-,17+/m1/s1. The van der Waals surface area contributed by atoms with E-state index in [0.29, 0.717) is 36.4 Å². The summed E-state index contributed by atoms with van der Waals surface area (Å²) in [4.78, 5) is 26.5. The Morgan fingerprint density at radius 1 is 1.31 bits per heavy atom. The molecule has 0 aliphatic carbocycles. The fraction of sp³-hybridized carbons (Fsp3) is 0.579. The summed E-state index contributed by atoms with van der Waals surface area (Å²) in [7, 11) is -1.75. The Labute approximate surface area is 170 Å². The van der Waals surface area contributed by atoms with Crippen LogP contribution in [0, 0.1) is 0 Å². The Morgan fingerprint density at radius 2 is 2.07 bits per heavy atom. The first-order chi connectivity index (χ1) is 13.7. The number of hydrogen-bond donors (Lipinski definition) is 2. The van der Waals surface area contributed by atoms with Gasteiger partial charge in [0.2, 0.25) is 15.9 Å². The van der Waals surface area contributed by atoms with E-state index in [-0.39, 0.29) is 43.1 Å². The van der Waals surface area contributed by atoms with Gasteiger partial charge in [-0.1, -0.05) is 0 Å². The van der Waals surface area contributed by atoms with Crippen LogP contribution in [0.15, 0.2) is 18.2 Å². The summed E-state index contributed by atoms with van der Waals surface area (Å²) in [5.74, 6) is 0.0508. The molecule has 0 radical (unpaired) electrons. The van der Waals surface area contributed by atoms with E-state index < -0.39 is 10.0 Å². The van der Waals surface area contributed by atoms with Crippen molar-refractivity contribution >= 4 is 27.5 Å². The van der Waals surface area contributed by atoms with Gasteiger partial charge in [-0.2, -0.15) is 0 Å². The van der Waals surface area contributed by atoms with Crippen molar-refractivity contribution in [3.8, 4) is 5.75 Å². The molecule has 0 spiro atoms. The number of amides is 2. The number of hydrogen-bond acceptors (Lipinski definition) is 6. The van der Waals surface area contributed by atoms with Crippen LogP contribution in [0.5, 0.6) is 5.75 Å². The average molecular weight is 426 g/mol. The molecular weight excluding hydrogens is 398 g/mol. The minimum absolute atomic E-state index is 0.0524. The lowest BCUT2D eigenvalue weighted by Gasteiger charge is -2.42. The third-order valence-electron chi connectivity index (χ3n) is 5.10. The number of fused-ring (bicyclic) bond motifs is 2. The van der Waals surface area contributed by atoms with E-state index in [9.17, 15) is 18.0 Å². The van der Waals surface area contributed by atoms with Crippen LogP contribution >= 0.6 is 0 Å². The second-order valence-corrected chi connectivity index (χ2v) is 9.16. The Hall–Kier alpha value is -2.33. The molecule has 10 heteroatoms. The molecule has 2 amide bonds. The van der Waals surface area contributed by atoms with Crippen molar-refractivity contribution in [2.45, 2.75) is 44.4 Å². The summed E-state index contributed by atoms with van der Waals surface area (Å²) in [6.45, 7) is 2.68. The van der Waals surface area contributed by atoms with Crippen molar-refractivity contribution in [2.75, 3.05) is 31.2 Å². The summed E-state index contributed by atoms with van der Waals surface area (Å²) < 4.78 is 37.3. The number of ether oxygens (including phenoxy) is 2. The van der Waals surface area contributed by atoms with Gasteiger partial charge in [-0.05, 0) is 38.0 Å². The summed E-state index contributed by atoms with van der Waals surface area (Å²) in [6.07, 6.45) is 2.13. The van der Waals surface area contributed by atoms with E-state index in [1.54, 1.807) is 24.1 Å². The number of benzene rings is 1. The van der Waals surface area contributed by atoms with Gasteiger partial charge in [-0.25, -0.2) is 8.42 Å². The zero-order valence-electron chi connectivity index (χ0n) is 16.8. The highest BCUT2D eigenvalue weighted by molar-refractivity contribution is 7.92. The monoisotopic (exact) mass is 425 g/mol.